The molecule has 0 atom stereocenters. The summed E-state index contributed by atoms with van der Waals surface area (Å²) in [5, 5.41) is 26.6. The SMILES string of the molecule is CC(=O)c1ccccc1C(=O)O.O=[N+]([O-])OCc1cccc(CO[N+](=O)[O-])n1. The Bertz CT molecular complexity index is 804. The predicted molar refractivity (Wildman–Crippen MR) is 91.2 cm³/mol. The lowest BCUT2D eigenvalue weighted by Gasteiger charge is -2.02. The first-order valence-electron chi connectivity index (χ1n) is 7.53. The van der Waals surface area contributed by atoms with Crippen LogP contribution in [0.25, 0.3) is 0 Å². The molecule has 0 saturated heterocycles. The number of carboxylic acids is 1. The monoisotopic (exact) mass is 393 g/mol. The molecular formula is C16H15N3O9. The van der Waals surface area contributed by atoms with E-state index in [2.05, 4.69) is 14.7 Å². The molecule has 0 aliphatic heterocycles. The van der Waals surface area contributed by atoms with Gasteiger partial charge in [0.05, 0.1) is 17.0 Å². The summed E-state index contributed by atoms with van der Waals surface area (Å²) in [6.07, 6.45) is 0. The first kappa shape index (κ1) is 22.0. The van der Waals surface area contributed by atoms with Gasteiger partial charge < -0.3 is 14.8 Å². The molecule has 0 bridgehead atoms. The van der Waals surface area contributed by atoms with E-state index >= 15 is 0 Å². The highest BCUT2D eigenvalue weighted by molar-refractivity contribution is 6.04. The molecule has 0 radical (unpaired) electrons. The third-order valence-electron chi connectivity index (χ3n) is 3.04. The van der Waals surface area contributed by atoms with E-state index in [9.17, 15) is 29.8 Å². The number of ketones is 1. The second-order valence-electron chi connectivity index (χ2n) is 5.02. The minimum atomic E-state index is -1.07. The molecule has 0 amide bonds. The smallest absolute Gasteiger partial charge is 0.336 e. The van der Waals surface area contributed by atoms with Crippen molar-refractivity contribution in [1.29, 1.82) is 0 Å². The van der Waals surface area contributed by atoms with E-state index in [0.717, 1.165) is 0 Å². The van der Waals surface area contributed by atoms with Crippen molar-refractivity contribution >= 4 is 11.8 Å². The fourth-order valence-electron chi connectivity index (χ4n) is 1.90. The van der Waals surface area contributed by atoms with Crippen molar-refractivity contribution in [3.63, 3.8) is 0 Å². The van der Waals surface area contributed by atoms with Crippen LogP contribution in [-0.2, 0) is 22.9 Å². The summed E-state index contributed by atoms with van der Waals surface area (Å²) in [6.45, 7) is 0.736. The number of hydrogen-bond donors (Lipinski definition) is 1. The van der Waals surface area contributed by atoms with E-state index in [-0.39, 0.29) is 30.1 Å². The van der Waals surface area contributed by atoms with Gasteiger partial charge in [0.2, 0.25) is 0 Å². The number of pyridine rings is 1. The van der Waals surface area contributed by atoms with Gasteiger partial charge in [-0.25, -0.2) is 4.79 Å². The molecule has 1 aromatic carbocycles. The van der Waals surface area contributed by atoms with Crippen LogP contribution in [0.2, 0.25) is 0 Å². The molecular weight excluding hydrogens is 378 g/mol. The van der Waals surface area contributed by atoms with Gasteiger partial charge in [-0.15, -0.1) is 20.2 Å². The highest BCUT2D eigenvalue weighted by Gasteiger charge is 2.11. The number of carbonyl (C=O) groups excluding carboxylic acids is 1. The Morgan fingerprint density at radius 2 is 1.39 bits per heavy atom. The van der Waals surface area contributed by atoms with Crippen LogP contribution in [0.5, 0.6) is 0 Å². The first-order valence-corrected chi connectivity index (χ1v) is 7.53. The summed E-state index contributed by atoms with van der Waals surface area (Å²) < 4.78 is 0. The molecule has 2 aromatic rings. The van der Waals surface area contributed by atoms with Crippen LogP contribution >= 0.6 is 0 Å². The maximum atomic E-state index is 10.9. The number of aromatic nitrogens is 1. The molecule has 0 spiro atoms. The molecule has 1 heterocycles. The zero-order chi connectivity index (χ0) is 21.1. The highest BCUT2D eigenvalue weighted by Crippen LogP contribution is 2.08. The number of carbonyl (C=O) groups is 2. The standard InChI is InChI=1S/C9H8O3.C7H7N3O6/c1-6(10)7-4-2-3-5-8(7)9(11)12;11-9(12)15-4-6-2-1-3-7(8-6)5-16-10(13)14/h2-5H,1H3,(H,11,12);1-3H,4-5H2. The molecule has 28 heavy (non-hydrogen) atoms. The van der Waals surface area contributed by atoms with E-state index in [0.29, 0.717) is 11.4 Å². The van der Waals surface area contributed by atoms with Crippen molar-refractivity contribution in [2.45, 2.75) is 20.1 Å². The Morgan fingerprint density at radius 3 is 1.75 bits per heavy atom. The normalized spacial score (nSPS) is 9.46. The first-order chi connectivity index (χ1) is 13.2. The summed E-state index contributed by atoms with van der Waals surface area (Å²) in [6, 6.07) is 10.7. The van der Waals surface area contributed by atoms with Crippen LogP contribution in [0, 0.1) is 20.2 Å². The van der Waals surface area contributed by atoms with Crippen LogP contribution in [-0.4, -0.2) is 32.0 Å². The van der Waals surface area contributed by atoms with Crippen molar-refractivity contribution < 1.29 is 34.5 Å². The lowest BCUT2D eigenvalue weighted by atomic mass is 10.1. The van der Waals surface area contributed by atoms with Gasteiger partial charge in [0, 0.05) is 5.56 Å². The third kappa shape index (κ3) is 7.86. The van der Waals surface area contributed by atoms with Crippen molar-refractivity contribution in [1.82, 2.24) is 4.98 Å². The van der Waals surface area contributed by atoms with Crippen LogP contribution in [0.4, 0.5) is 0 Å². The van der Waals surface area contributed by atoms with E-state index in [4.69, 9.17) is 5.11 Å². The Labute approximate surface area is 157 Å². The lowest BCUT2D eigenvalue weighted by Crippen LogP contribution is -2.06. The van der Waals surface area contributed by atoms with Crippen molar-refractivity contribution in [3.8, 4) is 0 Å². The second-order valence-corrected chi connectivity index (χ2v) is 5.02. The summed E-state index contributed by atoms with van der Waals surface area (Å²) in [5.41, 5.74) is 0.900. The average molecular weight is 393 g/mol. The maximum Gasteiger partial charge on any atom is 0.336 e. The van der Waals surface area contributed by atoms with Crippen LogP contribution in [0.15, 0.2) is 42.5 Å². The van der Waals surface area contributed by atoms with Gasteiger partial charge in [0.1, 0.15) is 13.2 Å². The number of rotatable bonds is 8. The van der Waals surface area contributed by atoms with E-state index < -0.39 is 16.1 Å². The topological polar surface area (TPSA) is 172 Å². The number of Topliss-reactive ketones (excluding diaryl/α,β-unsaturated/α-hetero) is 1. The van der Waals surface area contributed by atoms with Gasteiger partial charge in [-0.3, -0.25) is 9.78 Å². The molecule has 12 nitrogen and oxygen atoms in total. The number of aromatic carboxylic acids is 1. The molecule has 12 heteroatoms. The maximum absolute atomic E-state index is 10.9. The molecule has 0 saturated carbocycles. The lowest BCUT2D eigenvalue weighted by molar-refractivity contribution is -0.763. The molecule has 2 rings (SSSR count). The largest absolute Gasteiger partial charge is 0.478 e. The fraction of sp³-hybridized carbons (Fsp3) is 0.188. The van der Waals surface area contributed by atoms with Gasteiger partial charge in [0.25, 0.3) is 10.2 Å². The minimum absolute atomic E-state index is 0.0602. The summed E-state index contributed by atoms with van der Waals surface area (Å²) >= 11 is 0. The molecule has 1 aromatic heterocycles. The van der Waals surface area contributed by atoms with E-state index in [1.54, 1.807) is 18.2 Å². The van der Waals surface area contributed by atoms with Gasteiger partial charge in [-0.05, 0) is 25.1 Å². The van der Waals surface area contributed by atoms with Crippen molar-refractivity contribution in [3.05, 3.63) is 85.2 Å². The molecule has 148 valence electrons. The van der Waals surface area contributed by atoms with Crippen LogP contribution < -0.4 is 0 Å². The zero-order valence-corrected chi connectivity index (χ0v) is 14.5. The van der Waals surface area contributed by atoms with Gasteiger partial charge in [-0.2, -0.15) is 0 Å². The van der Waals surface area contributed by atoms with E-state index in [1.165, 1.54) is 31.2 Å². The Kier molecular flexibility index (Phi) is 8.47. The number of nitrogens with zero attached hydrogens (tertiary/aromatic N) is 3. The average Bonchev–Trinajstić information content (AvgIpc) is 2.65. The quantitative estimate of drug-likeness (QED) is 0.397. The number of hydrogen-bond acceptors (Lipinski definition) is 9. The summed E-state index contributed by atoms with van der Waals surface area (Å²) in [5.74, 6) is -1.30. The Balaban J connectivity index is 0.000000292. The molecule has 0 fully saturated rings. The second kappa shape index (κ2) is 10.8. The minimum Gasteiger partial charge on any atom is -0.478 e. The number of benzene rings is 1. The van der Waals surface area contributed by atoms with Gasteiger partial charge in [0.15, 0.2) is 5.78 Å². The highest BCUT2D eigenvalue weighted by atomic mass is 17.0. The number of carboxylic acid groups (broad SMARTS) is 1. The fourth-order valence-corrected chi connectivity index (χ4v) is 1.90. The van der Waals surface area contributed by atoms with Gasteiger partial charge >= 0.3 is 5.97 Å². The van der Waals surface area contributed by atoms with Crippen LogP contribution in [0.3, 0.4) is 0 Å². The molecule has 1 N–H and O–H groups in total. The molecule has 0 aliphatic rings. The molecule has 0 unspecified atom stereocenters. The molecule has 0 aliphatic carbocycles. The third-order valence-corrected chi connectivity index (χ3v) is 3.04. The summed E-state index contributed by atoms with van der Waals surface area (Å²) in [7, 11) is 0. The van der Waals surface area contributed by atoms with Crippen molar-refractivity contribution in [2.24, 2.45) is 0 Å². The predicted octanol–water partition coefficient (Wildman–Crippen LogP) is 2.09. The van der Waals surface area contributed by atoms with Crippen molar-refractivity contribution in [2.75, 3.05) is 0 Å². The Morgan fingerprint density at radius 1 is 0.929 bits per heavy atom. The Hall–Kier alpha value is -4.09. The summed E-state index contributed by atoms with van der Waals surface area (Å²) in [4.78, 5) is 53.4. The van der Waals surface area contributed by atoms with Gasteiger partial charge in [-0.1, -0.05) is 24.3 Å². The zero-order valence-electron chi connectivity index (χ0n) is 14.5. The van der Waals surface area contributed by atoms with E-state index in [1.807, 2.05) is 0 Å². The van der Waals surface area contributed by atoms with Crippen LogP contribution in [0.1, 0.15) is 39.0 Å².